The molecule has 0 saturated carbocycles. The average molecular weight is 479 g/mol. The number of ether oxygens (including phenoxy) is 2. The maximum atomic E-state index is 13.3. The zero-order chi connectivity index (χ0) is 24.6. The summed E-state index contributed by atoms with van der Waals surface area (Å²) in [4.78, 5) is 27.9. The van der Waals surface area contributed by atoms with E-state index in [1.807, 2.05) is 30.3 Å². The number of carbonyl (C=O) groups is 2. The number of hydrogen-bond donors (Lipinski definition) is 1. The highest BCUT2D eigenvalue weighted by molar-refractivity contribution is 6.51. The summed E-state index contributed by atoms with van der Waals surface area (Å²) < 4.78 is 17.0. The van der Waals surface area contributed by atoms with Crippen molar-refractivity contribution in [2.24, 2.45) is 0 Å². The van der Waals surface area contributed by atoms with Crippen molar-refractivity contribution in [1.82, 2.24) is 0 Å². The molecule has 1 fully saturated rings. The molecular weight excluding hydrogens is 458 g/mol. The fourth-order valence-corrected chi connectivity index (χ4v) is 4.60. The summed E-state index contributed by atoms with van der Waals surface area (Å²) in [6.07, 6.45) is 2.18. The molecule has 3 aromatic carbocycles. The molecular formula is C29H21NO6. The fraction of sp³-hybridized carbons (Fsp3) is 0.103. The molecule has 2 aliphatic rings. The van der Waals surface area contributed by atoms with E-state index in [1.54, 1.807) is 54.6 Å². The van der Waals surface area contributed by atoms with Crippen molar-refractivity contribution in [3.63, 3.8) is 0 Å². The number of nitrogens with zero attached hydrogens (tertiary/aromatic N) is 1. The number of carbonyl (C=O) groups excluding carboxylic acids is 2. The van der Waals surface area contributed by atoms with E-state index in [-0.39, 0.29) is 11.3 Å². The molecule has 0 aliphatic carbocycles. The predicted molar refractivity (Wildman–Crippen MR) is 132 cm³/mol. The standard InChI is InChI=1S/C29H21NO6/c31-27(19-8-13-23-18(17-19)14-16-35-23)25-26(24-7-4-15-34-24)30(29(33)28(25)32)20-9-11-22(12-10-20)36-21-5-2-1-3-6-21/h1-13,15,17,26,31H,14,16H2/b27-25-. The molecule has 2 aliphatic heterocycles. The fourth-order valence-electron chi connectivity index (χ4n) is 4.60. The number of hydrogen-bond acceptors (Lipinski definition) is 6. The number of benzene rings is 3. The van der Waals surface area contributed by atoms with Crippen LogP contribution in [0.2, 0.25) is 0 Å². The van der Waals surface area contributed by atoms with Gasteiger partial charge in [0, 0.05) is 17.7 Å². The van der Waals surface area contributed by atoms with Gasteiger partial charge in [-0.05, 0) is 72.3 Å². The molecule has 7 nitrogen and oxygen atoms in total. The molecule has 1 aromatic heterocycles. The Morgan fingerprint density at radius 2 is 1.69 bits per heavy atom. The highest BCUT2D eigenvalue weighted by Gasteiger charge is 2.48. The molecule has 1 N–H and O–H groups in total. The molecule has 0 bridgehead atoms. The molecule has 36 heavy (non-hydrogen) atoms. The minimum atomic E-state index is -0.926. The summed E-state index contributed by atoms with van der Waals surface area (Å²) in [5.74, 6) is 0.597. The maximum absolute atomic E-state index is 13.3. The first-order chi connectivity index (χ1) is 17.6. The summed E-state index contributed by atoms with van der Waals surface area (Å²) in [7, 11) is 0. The number of Topliss-reactive ketones (excluding diaryl/α,β-unsaturated/α-hetero) is 1. The Morgan fingerprint density at radius 3 is 2.44 bits per heavy atom. The van der Waals surface area contributed by atoms with Crippen molar-refractivity contribution < 1.29 is 28.6 Å². The van der Waals surface area contributed by atoms with Gasteiger partial charge >= 0.3 is 0 Å². The van der Waals surface area contributed by atoms with Gasteiger partial charge in [-0.1, -0.05) is 18.2 Å². The summed E-state index contributed by atoms with van der Waals surface area (Å²) >= 11 is 0. The molecule has 0 radical (unpaired) electrons. The van der Waals surface area contributed by atoms with E-state index >= 15 is 0 Å². The van der Waals surface area contributed by atoms with E-state index in [0.717, 1.165) is 11.3 Å². The third-order valence-electron chi connectivity index (χ3n) is 6.31. The van der Waals surface area contributed by atoms with E-state index in [9.17, 15) is 14.7 Å². The minimum Gasteiger partial charge on any atom is -0.507 e. The Labute approximate surface area is 206 Å². The number of furan rings is 1. The van der Waals surface area contributed by atoms with Gasteiger partial charge in [-0.25, -0.2) is 0 Å². The second-order valence-electron chi connectivity index (χ2n) is 8.51. The van der Waals surface area contributed by atoms with Gasteiger partial charge in [0.25, 0.3) is 11.7 Å². The minimum absolute atomic E-state index is 0.0292. The molecule has 3 heterocycles. The first kappa shape index (κ1) is 21.7. The van der Waals surface area contributed by atoms with Gasteiger partial charge in [0.2, 0.25) is 0 Å². The Morgan fingerprint density at radius 1 is 0.917 bits per heavy atom. The van der Waals surface area contributed by atoms with Gasteiger partial charge < -0.3 is 19.0 Å². The molecule has 0 spiro atoms. The molecule has 178 valence electrons. The Bertz CT molecular complexity index is 1470. The predicted octanol–water partition coefficient (Wildman–Crippen LogP) is 5.63. The molecule has 1 atom stereocenters. The average Bonchev–Trinajstić information content (AvgIpc) is 3.65. The van der Waals surface area contributed by atoms with Crippen LogP contribution in [0.5, 0.6) is 17.2 Å². The molecule has 7 heteroatoms. The third kappa shape index (κ3) is 3.71. The number of para-hydroxylation sites is 1. The van der Waals surface area contributed by atoms with Crippen molar-refractivity contribution in [3.8, 4) is 17.2 Å². The first-order valence-corrected chi connectivity index (χ1v) is 11.5. The number of ketones is 1. The van der Waals surface area contributed by atoms with Crippen molar-refractivity contribution in [1.29, 1.82) is 0 Å². The number of rotatable bonds is 5. The van der Waals surface area contributed by atoms with Crippen molar-refractivity contribution in [2.75, 3.05) is 11.5 Å². The van der Waals surface area contributed by atoms with Gasteiger partial charge in [0.15, 0.2) is 0 Å². The number of fused-ring (bicyclic) bond motifs is 1. The van der Waals surface area contributed by atoms with Crippen molar-refractivity contribution >= 4 is 23.1 Å². The van der Waals surface area contributed by atoms with Crippen LogP contribution in [0.15, 0.2) is 101 Å². The molecule has 6 rings (SSSR count). The number of aliphatic hydroxyl groups is 1. The van der Waals surface area contributed by atoms with Crippen LogP contribution in [-0.2, 0) is 16.0 Å². The topological polar surface area (TPSA) is 89.2 Å². The van der Waals surface area contributed by atoms with Gasteiger partial charge in [-0.15, -0.1) is 0 Å². The largest absolute Gasteiger partial charge is 0.507 e. The van der Waals surface area contributed by atoms with E-state index in [1.165, 1.54) is 11.2 Å². The summed E-state index contributed by atoms with van der Waals surface area (Å²) in [6, 6.07) is 23.9. The van der Waals surface area contributed by atoms with Gasteiger partial charge in [0.05, 0.1) is 18.4 Å². The molecule has 4 aromatic rings. The van der Waals surface area contributed by atoms with Crippen molar-refractivity contribution in [3.05, 3.63) is 114 Å². The highest BCUT2D eigenvalue weighted by Crippen LogP contribution is 2.43. The number of aliphatic hydroxyl groups excluding tert-OH is 1. The molecule has 1 saturated heterocycles. The van der Waals surface area contributed by atoms with Gasteiger partial charge in [-0.2, -0.15) is 0 Å². The van der Waals surface area contributed by atoms with Crippen LogP contribution in [0.3, 0.4) is 0 Å². The molecule has 1 unspecified atom stereocenters. The highest BCUT2D eigenvalue weighted by atomic mass is 16.5. The van der Waals surface area contributed by atoms with Crippen LogP contribution in [0.1, 0.15) is 22.9 Å². The third-order valence-corrected chi connectivity index (χ3v) is 6.31. The van der Waals surface area contributed by atoms with Gasteiger partial charge in [0.1, 0.15) is 34.8 Å². The zero-order valence-corrected chi connectivity index (χ0v) is 19.1. The van der Waals surface area contributed by atoms with Crippen molar-refractivity contribution in [2.45, 2.75) is 12.5 Å². The lowest BCUT2D eigenvalue weighted by Gasteiger charge is -2.23. The summed E-state index contributed by atoms with van der Waals surface area (Å²) in [5, 5.41) is 11.3. The second-order valence-corrected chi connectivity index (χ2v) is 8.51. The van der Waals surface area contributed by atoms with E-state index in [2.05, 4.69) is 0 Å². The van der Waals surface area contributed by atoms with Crippen LogP contribution >= 0.6 is 0 Å². The van der Waals surface area contributed by atoms with E-state index in [0.29, 0.717) is 41.5 Å². The first-order valence-electron chi connectivity index (χ1n) is 11.5. The summed E-state index contributed by atoms with van der Waals surface area (Å²) in [6.45, 7) is 0.570. The Kier molecular flexibility index (Phi) is 5.30. The lowest BCUT2D eigenvalue weighted by Crippen LogP contribution is -2.29. The van der Waals surface area contributed by atoms with E-state index < -0.39 is 17.7 Å². The van der Waals surface area contributed by atoms with Crippen LogP contribution in [0.4, 0.5) is 5.69 Å². The SMILES string of the molecule is O=C1C(=O)N(c2ccc(Oc3ccccc3)cc2)C(c2ccco2)/C1=C(/O)c1ccc2c(c1)CCO2. The van der Waals surface area contributed by atoms with Crippen LogP contribution < -0.4 is 14.4 Å². The molecule has 1 amide bonds. The lowest BCUT2D eigenvalue weighted by atomic mass is 9.98. The van der Waals surface area contributed by atoms with Crippen LogP contribution in [-0.4, -0.2) is 23.4 Å². The second kappa shape index (κ2) is 8.78. The van der Waals surface area contributed by atoms with E-state index in [4.69, 9.17) is 13.9 Å². The zero-order valence-electron chi connectivity index (χ0n) is 19.1. The summed E-state index contributed by atoms with van der Waals surface area (Å²) in [5.41, 5.74) is 1.83. The van der Waals surface area contributed by atoms with Crippen LogP contribution in [0, 0.1) is 0 Å². The maximum Gasteiger partial charge on any atom is 0.300 e. The Balaban J connectivity index is 1.40. The Hall–Kier alpha value is -4.78. The number of anilines is 1. The monoisotopic (exact) mass is 479 g/mol. The number of amides is 1. The smallest absolute Gasteiger partial charge is 0.300 e. The quantitative estimate of drug-likeness (QED) is 0.227. The van der Waals surface area contributed by atoms with Crippen LogP contribution in [0.25, 0.3) is 5.76 Å². The van der Waals surface area contributed by atoms with Gasteiger partial charge in [-0.3, -0.25) is 14.5 Å². The normalized spacial score (nSPS) is 18.2. The lowest BCUT2D eigenvalue weighted by molar-refractivity contribution is -0.132.